The zero-order chi connectivity index (χ0) is 18.7. The third kappa shape index (κ3) is 3.96. The lowest BCUT2D eigenvalue weighted by molar-refractivity contribution is -0.140. The van der Waals surface area contributed by atoms with Crippen LogP contribution in [-0.2, 0) is 15.0 Å². The standard InChI is InChI=1S/C21H27ClN2O2/c1-3-19(25)24-12-4-5-16(15-24)20(26)23-13-10-21(2,11-14-23)17-6-8-18(22)9-7-17/h3,6-9,16H,1,4-5,10-15H2,2H3. The average molecular weight is 375 g/mol. The highest BCUT2D eigenvalue weighted by atomic mass is 35.5. The van der Waals surface area contributed by atoms with Gasteiger partial charge in [-0.1, -0.05) is 37.2 Å². The highest BCUT2D eigenvalue weighted by molar-refractivity contribution is 6.30. The first-order valence-electron chi connectivity index (χ1n) is 9.39. The molecule has 1 aromatic carbocycles. The summed E-state index contributed by atoms with van der Waals surface area (Å²) in [5.41, 5.74) is 1.37. The monoisotopic (exact) mass is 374 g/mol. The zero-order valence-electron chi connectivity index (χ0n) is 15.4. The van der Waals surface area contributed by atoms with Crippen molar-refractivity contribution in [1.82, 2.24) is 9.80 Å². The van der Waals surface area contributed by atoms with E-state index in [9.17, 15) is 9.59 Å². The number of carbonyl (C=O) groups excluding carboxylic acids is 2. The molecule has 26 heavy (non-hydrogen) atoms. The molecule has 140 valence electrons. The van der Waals surface area contributed by atoms with Gasteiger partial charge in [-0.05, 0) is 54.9 Å². The predicted octanol–water partition coefficient (Wildman–Crippen LogP) is 3.64. The number of amides is 2. The summed E-state index contributed by atoms with van der Waals surface area (Å²) < 4.78 is 0. The van der Waals surface area contributed by atoms with Gasteiger partial charge >= 0.3 is 0 Å². The van der Waals surface area contributed by atoms with E-state index in [0.717, 1.165) is 50.3 Å². The molecule has 2 aliphatic rings. The van der Waals surface area contributed by atoms with Crippen molar-refractivity contribution in [3.05, 3.63) is 47.5 Å². The molecule has 0 aliphatic carbocycles. The number of hydrogen-bond acceptors (Lipinski definition) is 2. The van der Waals surface area contributed by atoms with Crippen LogP contribution in [0.2, 0.25) is 5.02 Å². The second-order valence-corrected chi connectivity index (χ2v) is 8.16. The Kier molecular flexibility index (Phi) is 5.71. The number of piperidine rings is 2. The third-order valence-corrected chi connectivity index (χ3v) is 6.23. The van der Waals surface area contributed by atoms with Gasteiger partial charge in [0.2, 0.25) is 11.8 Å². The topological polar surface area (TPSA) is 40.6 Å². The van der Waals surface area contributed by atoms with Crippen LogP contribution in [-0.4, -0.2) is 47.8 Å². The Hall–Kier alpha value is -1.81. The Morgan fingerprint density at radius 2 is 1.81 bits per heavy atom. The molecule has 0 bridgehead atoms. The molecule has 0 aromatic heterocycles. The van der Waals surface area contributed by atoms with Gasteiger partial charge in [0.15, 0.2) is 0 Å². The highest BCUT2D eigenvalue weighted by Gasteiger charge is 2.36. The first-order chi connectivity index (χ1) is 12.4. The average Bonchev–Trinajstić information content (AvgIpc) is 2.68. The summed E-state index contributed by atoms with van der Waals surface area (Å²) >= 11 is 6.00. The van der Waals surface area contributed by atoms with Gasteiger partial charge in [-0.2, -0.15) is 0 Å². The van der Waals surface area contributed by atoms with E-state index < -0.39 is 0 Å². The van der Waals surface area contributed by atoms with Gasteiger partial charge in [-0.15, -0.1) is 0 Å². The minimum Gasteiger partial charge on any atom is -0.342 e. The van der Waals surface area contributed by atoms with Crippen LogP contribution in [0.1, 0.15) is 38.2 Å². The molecule has 1 atom stereocenters. The summed E-state index contributed by atoms with van der Waals surface area (Å²) in [5, 5.41) is 0.751. The maximum Gasteiger partial charge on any atom is 0.245 e. The molecular weight excluding hydrogens is 348 g/mol. The van der Waals surface area contributed by atoms with Crippen LogP contribution in [0.4, 0.5) is 0 Å². The molecule has 2 aliphatic heterocycles. The van der Waals surface area contributed by atoms with Crippen molar-refractivity contribution in [2.24, 2.45) is 5.92 Å². The minimum atomic E-state index is -0.0764. The van der Waals surface area contributed by atoms with Crippen molar-refractivity contribution in [2.45, 2.75) is 38.0 Å². The largest absolute Gasteiger partial charge is 0.342 e. The van der Waals surface area contributed by atoms with Gasteiger partial charge in [0, 0.05) is 31.2 Å². The maximum absolute atomic E-state index is 12.9. The van der Waals surface area contributed by atoms with E-state index in [-0.39, 0.29) is 23.1 Å². The van der Waals surface area contributed by atoms with Crippen molar-refractivity contribution in [2.75, 3.05) is 26.2 Å². The molecule has 3 rings (SSSR count). The van der Waals surface area contributed by atoms with Crippen LogP contribution >= 0.6 is 11.6 Å². The molecule has 0 saturated carbocycles. The lowest BCUT2D eigenvalue weighted by Crippen LogP contribution is -2.50. The van der Waals surface area contributed by atoms with E-state index in [1.807, 2.05) is 17.0 Å². The molecule has 0 N–H and O–H groups in total. The van der Waals surface area contributed by atoms with Gasteiger partial charge in [0.1, 0.15) is 0 Å². The molecule has 1 unspecified atom stereocenters. The van der Waals surface area contributed by atoms with E-state index in [1.54, 1.807) is 4.90 Å². The summed E-state index contributed by atoms with van der Waals surface area (Å²) in [6, 6.07) is 8.07. The number of rotatable bonds is 3. The van der Waals surface area contributed by atoms with Gasteiger partial charge in [0.05, 0.1) is 5.92 Å². The molecular formula is C21H27ClN2O2. The lowest BCUT2D eigenvalue weighted by atomic mass is 9.74. The van der Waals surface area contributed by atoms with Crippen molar-refractivity contribution >= 4 is 23.4 Å². The summed E-state index contributed by atoms with van der Waals surface area (Å²) in [5.74, 6) is 0.0497. The van der Waals surface area contributed by atoms with Crippen molar-refractivity contribution in [3.63, 3.8) is 0 Å². The smallest absolute Gasteiger partial charge is 0.245 e. The van der Waals surface area contributed by atoms with Crippen LogP contribution in [0, 0.1) is 5.92 Å². The molecule has 0 radical (unpaired) electrons. The Labute approximate surface area is 160 Å². The molecule has 2 saturated heterocycles. The summed E-state index contributed by atoms with van der Waals surface area (Å²) in [6.45, 7) is 8.60. The summed E-state index contributed by atoms with van der Waals surface area (Å²) in [4.78, 5) is 28.5. The second-order valence-electron chi connectivity index (χ2n) is 7.72. The maximum atomic E-state index is 12.9. The van der Waals surface area contributed by atoms with Crippen LogP contribution < -0.4 is 0 Å². The fourth-order valence-electron chi connectivity index (χ4n) is 4.13. The quantitative estimate of drug-likeness (QED) is 0.758. The predicted molar refractivity (Wildman–Crippen MR) is 104 cm³/mol. The van der Waals surface area contributed by atoms with Crippen molar-refractivity contribution < 1.29 is 9.59 Å². The molecule has 4 nitrogen and oxygen atoms in total. The third-order valence-electron chi connectivity index (χ3n) is 5.98. The first-order valence-corrected chi connectivity index (χ1v) is 9.77. The summed E-state index contributed by atoms with van der Waals surface area (Å²) in [7, 11) is 0. The van der Waals surface area contributed by atoms with E-state index in [4.69, 9.17) is 11.6 Å². The SMILES string of the molecule is C=CC(=O)N1CCCC(C(=O)N2CCC(C)(c3ccc(Cl)cc3)CC2)C1. The van der Waals surface area contributed by atoms with Gasteiger partial charge in [-0.3, -0.25) is 9.59 Å². The molecule has 1 aromatic rings. The fraction of sp³-hybridized carbons (Fsp3) is 0.524. The van der Waals surface area contributed by atoms with Crippen molar-refractivity contribution in [3.8, 4) is 0 Å². The number of carbonyl (C=O) groups is 2. The number of halogens is 1. The van der Waals surface area contributed by atoms with E-state index in [2.05, 4.69) is 25.6 Å². The first kappa shape index (κ1) is 19.0. The van der Waals surface area contributed by atoms with E-state index >= 15 is 0 Å². The molecule has 2 heterocycles. The van der Waals surface area contributed by atoms with Crippen molar-refractivity contribution in [1.29, 1.82) is 0 Å². The Balaban J connectivity index is 1.60. The van der Waals surface area contributed by atoms with E-state index in [1.165, 1.54) is 11.6 Å². The number of likely N-dealkylation sites (tertiary alicyclic amines) is 2. The van der Waals surface area contributed by atoms with Crippen LogP contribution in [0.15, 0.2) is 36.9 Å². The molecule has 5 heteroatoms. The Morgan fingerprint density at radius 1 is 1.15 bits per heavy atom. The molecule has 0 spiro atoms. The molecule has 2 amide bonds. The summed E-state index contributed by atoms with van der Waals surface area (Å²) in [6.07, 6.45) is 4.98. The number of nitrogens with zero attached hydrogens (tertiary/aromatic N) is 2. The normalized spacial score (nSPS) is 22.8. The Morgan fingerprint density at radius 3 is 2.42 bits per heavy atom. The van der Waals surface area contributed by atoms with E-state index in [0.29, 0.717) is 6.54 Å². The van der Waals surface area contributed by atoms with Gasteiger partial charge in [0.25, 0.3) is 0 Å². The van der Waals surface area contributed by atoms with Crippen LogP contribution in [0.5, 0.6) is 0 Å². The van der Waals surface area contributed by atoms with Crippen LogP contribution in [0.3, 0.4) is 0 Å². The second kappa shape index (κ2) is 7.83. The molecule has 2 fully saturated rings. The zero-order valence-corrected chi connectivity index (χ0v) is 16.2. The van der Waals surface area contributed by atoms with Crippen LogP contribution in [0.25, 0.3) is 0 Å². The van der Waals surface area contributed by atoms with Gasteiger partial charge in [-0.25, -0.2) is 0 Å². The minimum absolute atomic E-state index is 0.0727. The van der Waals surface area contributed by atoms with Gasteiger partial charge < -0.3 is 9.80 Å². The fourth-order valence-corrected chi connectivity index (χ4v) is 4.25. The Bertz CT molecular complexity index is 678. The number of hydrogen-bond donors (Lipinski definition) is 0. The highest BCUT2D eigenvalue weighted by Crippen LogP contribution is 2.36. The number of benzene rings is 1. The lowest BCUT2D eigenvalue weighted by Gasteiger charge is -2.42.